The first kappa shape index (κ1) is 26.2. The molecule has 0 aromatic heterocycles. The summed E-state index contributed by atoms with van der Waals surface area (Å²) in [6.07, 6.45) is -0.739. The Hall–Kier alpha value is -4.40. The Morgan fingerprint density at radius 3 is 2.08 bits per heavy atom. The summed E-state index contributed by atoms with van der Waals surface area (Å²) >= 11 is 0. The predicted molar refractivity (Wildman–Crippen MR) is 133 cm³/mol. The monoisotopic (exact) mass is 492 g/mol. The number of rotatable bonds is 9. The molecule has 0 saturated heterocycles. The molecule has 0 aliphatic carbocycles. The third-order valence-corrected chi connectivity index (χ3v) is 4.85. The van der Waals surface area contributed by atoms with Crippen LogP contribution in [-0.4, -0.2) is 28.6 Å². The van der Waals surface area contributed by atoms with E-state index >= 15 is 0 Å². The van der Waals surface area contributed by atoms with Crippen molar-refractivity contribution in [2.75, 3.05) is 0 Å². The van der Waals surface area contributed by atoms with Crippen molar-refractivity contribution in [2.45, 2.75) is 45.4 Å². The lowest BCUT2D eigenvalue weighted by molar-refractivity contribution is -0.384. The quantitative estimate of drug-likeness (QED) is 0.247. The van der Waals surface area contributed by atoms with Crippen LogP contribution in [0.5, 0.6) is 11.5 Å². The van der Waals surface area contributed by atoms with Crippen molar-refractivity contribution in [2.24, 2.45) is 0 Å². The number of hydrogen-bond donors (Lipinski definition) is 1. The van der Waals surface area contributed by atoms with Crippen LogP contribution in [0.1, 0.15) is 31.9 Å². The number of esters is 1. The summed E-state index contributed by atoms with van der Waals surface area (Å²) in [6.45, 7) is 5.88. The van der Waals surface area contributed by atoms with Gasteiger partial charge in [0.05, 0.1) is 4.92 Å². The first-order valence-corrected chi connectivity index (χ1v) is 11.3. The van der Waals surface area contributed by atoms with E-state index in [1.807, 2.05) is 63.2 Å². The standard InChI is InChI=1S/C27H28N2O7/c1-27(2,3)36-23-13-9-19(10-14-23)17-24(25(30)34-18-20-7-5-4-6-8-20)28-26(31)35-22-15-11-21(12-16-22)29(32)33/h4-16,24H,17-18H2,1-3H3,(H,28,31)/t24-/m0/s1. The summed E-state index contributed by atoms with van der Waals surface area (Å²) in [4.78, 5) is 35.7. The molecular weight excluding hydrogens is 464 g/mol. The van der Waals surface area contributed by atoms with Gasteiger partial charge in [-0.1, -0.05) is 42.5 Å². The maximum atomic E-state index is 12.9. The zero-order chi connectivity index (χ0) is 26.1. The number of hydrogen-bond acceptors (Lipinski definition) is 7. The molecule has 3 rings (SSSR count). The zero-order valence-corrected chi connectivity index (χ0v) is 20.3. The molecular formula is C27H28N2O7. The Balaban J connectivity index is 1.69. The lowest BCUT2D eigenvalue weighted by Crippen LogP contribution is -2.44. The van der Waals surface area contributed by atoms with Crippen molar-refractivity contribution in [1.29, 1.82) is 0 Å². The van der Waals surface area contributed by atoms with E-state index in [1.54, 1.807) is 12.1 Å². The van der Waals surface area contributed by atoms with E-state index in [0.29, 0.717) is 5.75 Å². The number of ether oxygens (including phenoxy) is 3. The molecule has 1 amide bonds. The van der Waals surface area contributed by atoms with Crippen molar-refractivity contribution in [3.63, 3.8) is 0 Å². The van der Waals surface area contributed by atoms with Gasteiger partial charge in [0.2, 0.25) is 0 Å². The van der Waals surface area contributed by atoms with Crippen LogP contribution in [0.4, 0.5) is 10.5 Å². The second-order valence-corrected chi connectivity index (χ2v) is 8.99. The Morgan fingerprint density at radius 1 is 0.889 bits per heavy atom. The summed E-state index contributed by atoms with van der Waals surface area (Å²) in [5.41, 5.74) is 1.09. The first-order valence-electron chi connectivity index (χ1n) is 11.3. The van der Waals surface area contributed by atoms with Gasteiger partial charge in [0.15, 0.2) is 0 Å². The van der Waals surface area contributed by atoms with E-state index < -0.39 is 23.0 Å². The Bertz CT molecular complexity index is 1170. The lowest BCUT2D eigenvalue weighted by atomic mass is 10.1. The van der Waals surface area contributed by atoms with E-state index in [9.17, 15) is 19.7 Å². The molecule has 3 aromatic carbocycles. The fraction of sp³-hybridized carbons (Fsp3) is 0.259. The highest BCUT2D eigenvalue weighted by molar-refractivity contribution is 5.82. The Kier molecular flexibility index (Phi) is 8.61. The molecule has 0 aliphatic heterocycles. The van der Waals surface area contributed by atoms with Gasteiger partial charge in [-0.05, 0) is 56.2 Å². The molecule has 0 unspecified atom stereocenters. The number of amides is 1. The summed E-state index contributed by atoms with van der Waals surface area (Å²) in [7, 11) is 0. The van der Waals surface area contributed by atoms with Crippen molar-refractivity contribution < 1.29 is 28.7 Å². The lowest BCUT2D eigenvalue weighted by Gasteiger charge is -2.21. The van der Waals surface area contributed by atoms with E-state index in [-0.39, 0.29) is 30.1 Å². The minimum Gasteiger partial charge on any atom is -0.488 e. The average Bonchev–Trinajstić information content (AvgIpc) is 2.83. The predicted octanol–water partition coefficient (Wildman–Crippen LogP) is 5.22. The Labute approximate surface area is 209 Å². The smallest absolute Gasteiger partial charge is 0.413 e. The largest absolute Gasteiger partial charge is 0.488 e. The van der Waals surface area contributed by atoms with Crippen LogP contribution in [-0.2, 0) is 22.6 Å². The third-order valence-electron chi connectivity index (χ3n) is 4.85. The van der Waals surface area contributed by atoms with Crippen molar-refractivity contribution >= 4 is 17.7 Å². The van der Waals surface area contributed by atoms with Crippen LogP contribution < -0.4 is 14.8 Å². The molecule has 1 N–H and O–H groups in total. The fourth-order valence-corrected chi connectivity index (χ4v) is 3.22. The second kappa shape index (κ2) is 11.8. The molecule has 0 spiro atoms. The molecule has 0 bridgehead atoms. The molecule has 188 valence electrons. The average molecular weight is 493 g/mol. The van der Waals surface area contributed by atoms with E-state index in [2.05, 4.69) is 5.32 Å². The van der Waals surface area contributed by atoms with Crippen molar-refractivity contribution in [1.82, 2.24) is 5.32 Å². The molecule has 0 saturated carbocycles. The van der Waals surface area contributed by atoms with Gasteiger partial charge in [-0.3, -0.25) is 10.1 Å². The molecule has 0 fully saturated rings. The molecule has 9 heteroatoms. The minimum absolute atomic E-state index is 0.0492. The van der Waals surface area contributed by atoms with Gasteiger partial charge < -0.3 is 19.5 Å². The highest BCUT2D eigenvalue weighted by atomic mass is 16.6. The van der Waals surface area contributed by atoms with Gasteiger partial charge in [0.25, 0.3) is 5.69 Å². The highest BCUT2D eigenvalue weighted by Gasteiger charge is 2.24. The number of nitro groups is 1. The topological polar surface area (TPSA) is 117 Å². The number of nitro benzene ring substituents is 1. The number of benzene rings is 3. The SMILES string of the molecule is CC(C)(C)Oc1ccc(C[C@H](NC(=O)Oc2ccc([N+](=O)[O-])cc2)C(=O)OCc2ccccc2)cc1. The molecule has 3 aromatic rings. The molecule has 0 aliphatic rings. The van der Waals surface area contributed by atoms with Crippen LogP contribution in [0.3, 0.4) is 0 Å². The zero-order valence-electron chi connectivity index (χ0n) is 20.3. The van der Waals surface area contributed by atoms with Crippen LogP contribution in [0.25, 0.3) is 0 Å². The van der Waals surface area contributed by atoms with Crippen LogP contribution in [0.2, 0.25) is 0 Å². The fourth-order valence-electron chi connectivity index (χ4n) is 3.22. The van der Waals surface area contributed by atoms with Crippen molar-refractivity contribution in [3.8, 4) is 11.5 Å². The van der Waals surface area contributed by atoms with Crippen LogP contribution in [0.15, 0.2) is 78.9 Å². The molecule has 36 heavy (non-hydrogen) atoms. The first-order chi connectivity index (χ1) is 17.1. The normalized spacial score (nSPS) is 11.8. The van der Waals surface area contributed by atoms with Gasteiger partial charge >= 0.3 is 12.1 Å². The number of nitrogens with one attached hydrogen (secondary N) is 1. The van der Waals surface area contributed by atoms with Crippen LogP contribution >= 0.6 is 0 Å². The third kappa shape index (κ3) is 8.43. The number of nitrogens with zero attached hydrogens (tertiary/aromatic N) is 1. The van der Waals surface area contributed by atoms with Crippen LogP contribution in [0, 0.1) is 10.1 Å². The summed E-state index contributed by atoms with van der Waals surface area (Å²) in [5, 5.41) is 13.3. The van der Waals surface area contributed by atoms with Gasteiger partial charge in [0, 0.05) is 18.6 Å². The van der Waals surface area contributed by atoms with E-state index in [1.165, 1.54) is 24.3 Å². The molecule has 9 nitrogen and oxygen atoms in total. The maximum Gasteiger partial charge on any atom is 0.413 e. The van der Waals surface area contributed by atoms with Gasteiger partial charge in [-0.2, -0.15) is 0 Å². The summed E-state index contributed by atoms with van der Waals surface area (Å²) < 4.78 is 16.5. The second-order valence-electron chi connectivity index (χ2n) is 8.99. The minimum atomic E-state index is -1.03. The molecule has 0 radical (unpaired) electrons. The molecule has 1 atom stereocenters. The van der Waals surface area contributed by atoms with Gasteiger partial charge in [-0.25, -0.2) is 9.59 Å². The highest BCUT2D eigenvalue weighted by Crippen LogP contribution is 2.20. The van der Waals surface area contributed by atoms with E-state index in [4.69, 9.17) is 14.2 Å². The van der Waals surface area contributed by atoms with Crippen molar-refractivity contribution in [3.05, 3.63) is 100 Å². The number of carbonyl (C=O) groups is 2. The Morgan fingerprint density at radius 2 is 1.50 bits per heavy atom. The summed E-state index contributed by atoms with van der Waals surface area (Å²) in [5.74, 6) is 0.146. The summed E-state index contributed by atoms with van der Waals surface area (Å²) in [6, 6.07) is 20.4. The maximum absolute atomic E-state index is 12.9. The van der Waals surface area contributed by atoms with Gasteiger partial charge in [0.1, 0.15) is 29.7 Å². The molecule has 0 heterocycles. The van der Waals surface area contributed by atoms with Gasteiger partial charge in [-0.15, -0.1) is 0 Å². The number of carbonyl (C=O) groups excluding carboxylic acids is 2. The van der Waals surface area contributed by atoms with E-state index in [0.717, 1.165) is 11.1 Å². The number of non-ortho nitro benzene ring substituents is 1.